The smallest absolute Gasteiger partial charge is 0.193 e. The van der Waals surface area contributed by atoms with Crippen molar-refractivity contribution in [2.75, 3.05) is 59.5 Å². The molecule has 8 heteroatoms. The molecule has 2 aliphatic heterocycles. The third-order valence-corrected chi connectivity index (χ3v) is 5.10. The molecule has 2 atom stereocenters. The average molecular weight is 506 g/mol. The number of halogens is 2. The van der Waals surface area contributed by atoms with E-state index >= 15 is 0 Å². The predicted molar refractivity (Wildman–Crippen MR) is 120 cm³/mol. The highest BCUT2D eigenvalue weighted by atomic mass is 127. The second kappa shape index (κ2) is 11.8. The van der Waals surface area contributed by atoms with Gasteiger partial charge in [-0.25, -0.2) is 4.39 Å². The molecule has 0 bridgehead atoms. The van der Waals surface area contributed by atoms with Crippen molar-refractivity contribution in [2.24, 2.45) is 10.9 Å². The van der Waals surface area contributed by atoms with E-state index in [2.05, 4.69) is 20.1 Å². The number of nitrogens with one attached hydrogen (secondary N) is 1. The van der Waals surface area contributed by atoms with Gasteiger partial charge in [-0.2, -0.15) is 0 Å². The molecular weight excluding hydrogens is 474 g/mol. The van der Waals surface area contributed by atoms with E-state index in [-0.39, 0.29) is 35.9 Å². The summed E-state index contributed by atoms with van der Waals surface area (Å²) in [6.45, 7) is 9.55. The first-order chi connectivity index (χ1) is 13.1. The van der Waals surface area contributed by atoms with Crippen molar-refractivity contribution < 1.29 is 13.9 Å². The lowest BCUT2D eigenvalue weighted by molar-refractivity contribution is 0.0315. The van der Waals surface area contributed by atoms with Crippen LogP contribution in [0.4, 0.5) is 4.39 Å². The lowest BCUT2D eigenvalue weighted by Crippen LogP contribution is -2.44. The number of aliphatic imine (C=N–C) groups is 1. The first kappa shape index (κ1) is 23.2. The number of likely N-dealkylation sites (tertiary alicyclic amines) is 1. The molecule has 0 radical (unpaired) electrons. The summed E-state index contributed by atoms with van der Waals surface area (Å²) in [5, 5.41) is 3.39. The van der Waals surface area contributed by atoms with E-state index in [9.17, 15) is 4.39 Å². The van der Waals surface area contributed by atoms with Gasteiger partial charge in [-0.05, 0) is 31.4 Å². The number of ether oxygens (including phenoxy) is 2. The molecule has 2 saturated heterocycles. The van der Waals surface area contributed by atoms with Crippen molar-refractivity contribution in [3.8, 4) is 5.75 Å². The molecule has 0 aromatic heterocycles. The van der Waals surface area contributed by atoms with E-state index in [1.165, 1.54) is 18.6 Å². The zero-order valence-corrected chi connectivity index (χ0v) is 19.1. The molecule has 2 unspecified atom stereocenters. The Bertz CT molecular complexity index is 628. The van der Waals surface area contributed by atoms with Crippen LogP contribution in [0.1, 0.15) is 13.3 Å². The largest absolute Gasteiger partial charge is 0.489 e. The summed E-state index contributed by atoms with van der Waals surface area (Å²) in [4.78, 5) is 9.25. The van der Waals surface area contributed by atoms with Gasteiger partial charge in [0.05, 0.1) is 19.8 Å². The molecule has 0 aliphatic carbocycles. The molecular formula is C20H32FIN4O2. The molecule has 2 aliphatic rings. The van der Waals surface area contributed by atoms with Gasteiger partial charge in [0.2, 0.25) is 0 Å². The monoisotopic (exact) mass is 506 g/mol. The summed E-state index contributed by atoms with van der Waals surface area (Å²) in [7, 11) is 1.82. The van der Waals surface area contributed by atoms with Gasteiger partial charge in [-0.15, -0.1) is 24.0 Å². The lowest BCUT2D eigenvalue weighted by atomic mass is 10.1. The quantitative estimate of drug-likeness (QED) is 0.365. The number of morpholine rings is 1. The van der Waals surface area contributed by atoms with Crippen LogP contribution in [0.25, 0.3) is 0 Å². The number of nitrogens with zero attached hydrogens (tertiary/aromatic N) is 3. The van der Waals surface area contributed by atoms with Crippen molar-refractivity contribution in [1.29, 1.82) is 0 Å². The maximum absolute atomic E-state index is 13.3. The number of hydrogen-bond acceptors (Lipinski definition) is 4. The molecule has 1 aromatic carbocycles. The molecule has 158 valence electrons. The Kier molecular flexibility index (Phi) is 9.73. The molecule has 0 amide bonds. The maximum atomic E-state index is 13.3. The Morgan fingerprint density at radius 3 is 2.86 bits per heavy atom. The Labute approximate surface area is 184 Å². The van der Waals surface area contributed by atoms with E-state index in [1.807, 2.05) is 14.0 Å². The van der Waals surface area contributed by atoms with Gasteiger partial charge in [-0.3, -0.25) is 9.89 Å². The highest BCUT2D eigenvalue weighted by Crippen LogP contribution is 2.18. The summed E-state index contributed by atoms with van der Waals surface area (Å²) in [6.07, 6.45) is 1.10. The molecule has 3 rings (SSSR count). The minimum absolute atomic E-state index is 0. The normalized spacial score (nSPS) is 21.9. The van der Waals surface area contributed by atoms with Crippen molar-refractivity contribution in [3.05, 3.63) is 30.1 Å². The van der Waals surface area contributed by atoms with Crippen LogP contribution in [0.2, 0.25) is 0 Å². The van der Waals surface area contributed by atoms with Crippen LogP contribution < -0.4 is 10.1 Å². The standard InChI is InChI=1S/C20H31FN4O2.HI/c1-16(27-19-5-3-4-18(21)12-19)13-23-20(22-2)25-7-6-17(15-25)14-24-8-10-26-11-9-24;/h3-5,12,16-17H,6-11,13-15H2,1-2H3,(H,22,23);1H. The van der Waals surface area contributed by atoms with Gasteiger partial charge in [-0.1, -0.05) is 6.07 Å². The van der Waals surface area contributed by atoms with Crippen molar-refractivity contribution in [3.63, 3.8) is 0 Å². The Hall–Kier alpha value is -1.13. The van der Waals surface area contributed by atoms with E-state index in [4.69, 9.17) is 9.47 Å². The summed E-state index contributed by atoms with van der Waals surface area (Å²) in [5.74, 6) is 1.84. The SMILES string of the molecule is CN=C(NCC(C)Oc1cccc(F)c1)N1CCC(CN2CCOCC2)C1.I. The van der Waals surface area contributed by atoms with E-state index in [1.54, 1.807) is 12.1 Å². The Morgan fingerprint density at radius 1 is 1.36 bits per heavy atom. The van der Waals surface area contributed by atoms with Gasteiger partial charge in [0, 0.05) is 45.8 Å². The third kappa shape index (κ3) is 7.04. The molecule has 2 fully saturated rings. The second-order valence-electron chi connectivity index (χ2n) is 7.33. The van der Waals surface area contributed by atoms with Gasteiger partial charge < -0.3 is 19.7 Å². The molecule has 1 N–H and O–H groups in total. The number of guanidine groups is 1. The van der Waals surface area contributed by atoms with Gasteiger partial charge in [0.1, 0.15) is 17.7 Å². The predicted octanol–water partition coefficient (Wildman–Crippen LogP) is 2.44. The van der Waals surface area contributed by atoms with Crippen LogP contribution in [-0.4, -0.2) is 81.4 Å². The van der Waals surface area contributed by atoms with Crippen molar-refractivity contribution in [2.45, 2.75) is 19.4 Å². The molecule has 2 heterocycles. The average Bonchev–Trinajstić information content (AvgIpc) is 3.11. The van der Waals surface area contributed by atoms with Gasteiger partial charge in [0.25, 0.3) is 0 Å². The molecule has 0 saturated carbocycles. The highest BCUT2D eigenvalue weighted by Gasteiger charge is 2.27. The third-order valence-electron chi connectivity index (χ3n) is 5.10. The highest BCUT2D eigenvalue weighted by molar-refractivity contribution is 14.0. The summed E-state index contributed by atoms with van der Waals surface area (Å²) < 4.78 is 24.5. The zero-order valence-electron chi connectivity index (χ0n) is 16.8. The fraction of sp³-hybridized carbons (Fsp3) is 0.650. The topological polar surface area (TPSA) is 49.3 Å². The molecule has 6 nitrogen and oxygen atoms in total. The van der Waals surface area contributed by atoms with Crippen LogP contribution in [0.3, 0.4) is 0 Å². The maximum Gasteiger partial charge on any atom is 0.193 e. The molecule has 1 aromatic rings. The van der Waals surface area contributed by atoms with E-state index < -0.39 is 0 Å². The minimum atomic E-state index is -0.285. The zero-order chi connectivity index (χ0) is 19.1. The fourth-order valence-corrected chi connectivity index (χ4v) is 3.70. The van der Waals surface area contributed by atoms with Crippen LogP contribution in [0, 0.1) is 11.7 Å². The number of benzene rings is 1. The minimum Gasteiger partial charge on any atom is -0.489 e. The Morgan fingerprint density at radius 2 is 2.14 bits per heavy atom. The second-order valence-corrected chi connectivity index (χ2v) is 7.33. The van der Waals surface area contributed by atoms with Crippen LogP contribution in [0.15, 0.2) is 29.3 Å². The first-order valence-corrected chi connectivity index (χ1v) is 9.82. The summed E-state index contributed by atoms with van der Waals surface area (Å²) in [5.41, 5.74) is 0. The van der Waals surface area contributed by atoms with Gasteiger partial charge in [0.15, 0.2) is 5.96 Å². The van der Waals surface area contributed by atoms with E-state index in [0.717, 1.165) is 51.9 Å². The number of hydrogen-bond donors (Lipinski definition) is 1. The molecule has 0 spiro atoms. The summed E-state index contributed by atoms with van der Waals surface area (Å²) in [6, 6.07) is 6.24. The summed E-state index contributed by atoms with van der Waals surface area (Å²) >= 11 is 0. The van der Waals surface area contributed by atoms with E-state index in [0.29, 0.717) is 18.2 Å². The van der Waals surface area contributed by atoms with Gasteiger partial charge >= 0.3 is 0 Å². The first-order valence-electron chi connectivity index (χ1n) is 9.82. The van der Waals surface area contributed by atoms with Crippen LogP contribution >= 0.6 is 24.0 Å². The fourth-order valence-electron chi connectivity index (χ4n) is 3.70. The number of rotatable bonds is 6. The van der Waals surface area contributed by atoms with Crippen molar-refractivity contribution >= 4 is 29.9 Å². The molecule has 28 heavy (non-hydrogen) atoms. The Balaban J connectivity index is 0.00000280. The van der Waals surface area contributed by atoms with Crippen molar-refractivity contribution in [1.82, 2.24) is 15.1 Å². The lowest BCUT2D eigenvalue weighted by Gasteiger charge is -2.29. The van der Waals surface area contributed by atoms with Crippen LogP contribution in [0.5, 0.6) is 5.75 Å². The van der Waals surface area contributed by atoms with Crippen LogP contribution in [-0.2, 0) is 4.74 Å².